The van der Waals surface area contributed by atoms with Crippen molar-refractivity contribution in [1.82, 2.24) is 10.3 Å². The van der Waals surface area contributed by atoms with Crippen LogP contribution < -0.4 is 5.32 Å². The second kappa shape index (κ2) is 6.73. The Morgan fingerprint density at radius 3 is 2.58 bits per heavy atom. The molecule has 0 aliphatic rings. The van der Waals surface area contributed by atoms with E-state index in [0.29, 0.717) is 6.04 Å². The predicted octanol–water partition coefficient (Wildman–Crippen LogP) is 4.21. The summed E-state index contributed by atoms with van der Waals surface area (Å²) >= 11 is 1.77. The van der Waals surface area contributed by atoms with Gasteiger partial charge >= 0.3 is 0 Å². The van der Waals surface area contributed by atoms with Crippen molar-refractivity contribution in [3.05, 3.63) is 53.9 Å². The Labute approximate surface area is 119 Å². The topological polar surface area (TPSA) is 24.9 Å². The van der Waals surface area contributed by atoms with Gasteiger partial charge in [-0.1, -0.05) is 36.9 Å². The third-order valence-electron chi connectivity index (χ3n) is 3.19. The van der Waals surface area contributed by atoms with Gasteiger partial charge in [-0.05, 0) is 44.2 Å². The second-order valence-corrected chi connectivity index (χ2v) is 5.65. The predicted molar refractivity (Wildman–Crippen MR) is 81.6 cm³/mol. The van der Waals surface area contributed by atoms with Crippen molar-refractivity contribution in [3.8, 4) is 0 Å². The molecule has 0 amide bonds. The van der Waals surface area contributed by atoms with Gasteiger partial charge in [0.05, 0.1) is 5.69 Å². The Hall–Kier alpha value is -1.32. The summed E-state index contributed by atoms with van der Waals surface area (Å²) in [6.45, 7) is 4.30. The largest absolute Gasteiger partial charge is 0.312 e. The highest BCUT2D eigenvalue weighted by Gasteiger charge is 2.08. The summed E-state index contributed by atoms with van der Waals surface area (Å²) in [6, 6.07) is 13.0. The maximum atomic E-state index is 4.56. The molecule has 1 unspecified atom stereocenters. The van der Waals surface area contributed by atoms with Crippen LogP contribution in [0.1, 0.15) is 30.6 Å². The summed E-state index contributed by atoms with van der Waals surface area (Å²) in [6.07, 6.45) is 3.01. The lowest BCUT2D eigenvalue weighted by Gasteiger charge is -2.13. The zero-order valence-electron chi connectivity index (χ0n) is 11.7. The van der Waals surface area contributed by atoms with Gasteiger partial charge in [0.2, 0.25) is 0 Å². The van der Waals surface area contributed by atoms with E-state index in [2.05, 4.69) is 60.5 Å². The summed E-state index contributed by atoms with van der Waals surface area (Å²) in [5.41, 5.74) is 2.41. The molecule has 1 aromatic heterocycles. The first-order chi connectivity index (χ1) is 9.24. The van der Waals surface area contributed by atoms with Crippen LogP contribution in [0.4, 0.5) is 0 Å². The van der Waals surface area contributed by atoms with Crippen molar-refractivity contribution < 1.29 is 0 Å². The van der Waals surface area contributed by atoms with Gasteiger partial charge in [0.25, 0.3) is 0 Å². The van der Waals surface area contributed by atoms with Gasteiger partial charge in [0.1, 0.15) is 0 Å². The van der Waals surface area contributed by atoms with E-state index in [1.807, 2.05) is 13.2 Å². The molecule has 0 fully saturated rings. The second-order valence-electron chi connectivity index (χ2n) is 4.54. The van der Waals surface area contributed by atoms with E-state index in [0.717, 1.165) is 12.1 Å². The van der Waals surface area contributed by atoms with Crippen LogP contribution in [0.15, 0.2) is 52.4 Å². The van der Waals surface area contributed by atoms with Crippen LogP contribution >= 0.6 is 11.8 Å². The third-order valence-corrected chi connectivity index (χ3v) is 4.35. The first-order valence-electron chi connectivity index (χ1n) is 6.61. The maximum absolute atomic E-state index is 4.56. The molecule has 0 radical (unpaired) electrons. The number of nitrogens with zero attached hydrogens (tertiary/aromatic N) is 1. The zero-order chi connectivity index (χ0) is 13.7. The average Bonchev–Trinajstić information content (AvgIpc) is 2.44. The highest BCUT2D eigenvalue weighted by Crippen LogP contribution is 2.30. The number of benzene rings is 1. The van der Waals surface area contributed by atoms with Gasteiger partial charge in [0.15, 0.2) is 0 Å². The van der Waals surface area contributed by atoms with Crippen LogP contribution in [-0.4, -0.2) is 12.0 Å². The van der Waals surface area contributed by atoms with Crippen molar-refractivity contribution in [3.63, 3.8) is 0 Å². The minimum Gasteiger partial charge on any atom is -0.312 e. The van der Waals surface area contributed by atoms with Gasteiger partial charge < -0.3 is 5.32 Å². The Kier molecular flexibility index (Phi) is 5.00. The van der Waals surface area contributed by atoms with Crippen LogP contribution in [0.2, 0.25) is 0 Å². The molecular formula is C16H20N2S. The quantitative estimate of drug-likeness (QED) is 0.882. The Morgan fingerprint density at radius 2 is 2.00 bits per heavy atom. The van der Waals surface area contributed by atoms with E-state index >= 15 is 0 Å². The molecule has 2 aromatic rings. The van der Waals surface area contributed by atoms with E-state index < -0.39 is 0 Å². The molecule has 1 heterocycles. The summed E-state index contributed by atoms with van der Waals surface area (Å²) < 4.78 is 0. The fourth-order valence-electron chi connectivity index (χ4n) is 2.02. The highest BCUT2D eigenvalue weighted by atomic mass is 32.2. The summed E-state index contributed by atoms with van der Waals surface area (Å²) in [7, 11) is 1.98. The van der Waals surface area contributed by atoms with Crippen LogP contribution in [0, 0.1) is 6.92 Å². The van der Waals surface area contributed by atoms with E-state index in [-0.39, 0.29) is 0 Å². The Bertz CT molecular complexity index is 519. The number of aryl methyl sites for hydroxylation is 1. The molecule has 1 aromatic carbocycles. The van der Waals surface area contributed by atoms with Crippen LogP contribution in [-0.2, 0) is 0 Å². The highest BCUT2D eigenvalue weighted by molar-refractivity contribution is 7.99. The average molecular weight is 272 g/mol. The van der Waals surface area contributed by atoms with Crippen molar-refractivity contribution in [2.24, 2.45) is 0 Å². The van der Waals surface area contributed by atoms with E-state index in [1.165, 1.54) is 15.4 Å². The smallest absolute Gasteiger partial charge is 0.0573 e. The molecule has 1 N–H and O–H groups in total. The molecule has 0 spiro atoms. The molecule has 0 aliphatic carbocycles. The SMILES string of the molecule is CCC(NC)c1ccc(Sc2ccccc2C)cn1. The van der Waals surface area contributed by atoms with Crippen LogP contribution in [0.25, 0.3) is 0 Å². The lowest BCUT2D eigenvalue weighted by Crippen LogP contribution is -2.16. The van der Waals surface area contributed by atoms with E-state index in [4.69, 9.17) is 0 Å². The summed E-state index contributed by atoms with van der Waals surface area (Å²) in [5.74, 6) is 0. The fraction of sp³-hybridized carbons (Fsp3) is 0.312. The number of aromatic nitrogens is 1. The Morgan fingerprint density at radius 1 is 1.21 bits per heavy atom. The van der Waals surface area contributed by atoms with Gasteiger partial charge in [0, 0.05) is 22.0 Å². The monoisotopic (exact) mass is 272 g/mol. The summed E-state index contributed by atoms with van der Waals surface area (Å²) in [5, 5.41) is 3.28. The number of nitrogens with one attached hydrogen (secondary N) is 1. The molecule has 2 nitrogen and oxygen atoms in total. The maximum Gasteiger partial charge on any atom is 0.0573 e. The minimum absolute atomic E-state index is 0.345. The summed E-state index contributed by atoms with van der Waals surface area (Å²) in [4.78, 5) is 7.04. The van der Waals surface area contributed by atoms with Gasteiger partial charge in [-0.3, -0.25) is 4.98 Å². The van der Waals surface area contributed by atoms with Crippen molar-refractivity contribution >= 4 is 11.8 Å². The lowest BCUT2D eigenvalue weighted by molar-refractivity contribution is 0.561. The Balaban J connectivity index is 2.13. The van der Waals surface area contributed by atoms with Crippen LogP contribution in [0.3, 0.4) is 0 Å². The number of rotatable bonds is 5. The molecule has 0 saturated heterocycles. The molecule has 0 aliphatic heterocycles. The molecule has 1 atom stereocenters. The molecule has 0 bridgehead atoms. The van der Waals surface area contributed by atoms with Gasteiger partial charge in [-0.2, -0.15) is 0 Å². The number of hydrogen-bond donors (Lipinski definition) is 1. The minimum atomic E-state index is 0.345. The van der Waals surface area contributed by atoms with Gasteiger partial charge in [-0.25, -0.2) is 0 Å². The van der Waals surface area contributed by atoms with Crippen molar-refractivity contribution in [2.75, 3.05) is 7.05 Å². The van der Waals surface area contributed by atoms with Crippen LogP contribution in [0.5, 0.6) is 0 Å². The first kappa shape index (κ1) is 14.1. The molecule has 0 saturated carbocycles. The first-order valence-corrected chi connectivity index (χ1v) is 7.43. The molecule has 3 heteroatoms. The lowest BCUT2D eigenvalue weighted by atomic mass is 10.1. The molecular weight excluding hydrogens is 252 g/mol. The molecule has 2 rings (SSSR count). The van der Waals surface area contributed by atoms with E-state index in [1.54, 1.807) is 11.8 Å². The molecule has 100 valence electrons. The van der Waals surface area contributed by atoms with Crippen molar-refractivity contribution in [2.45, 2.75) is 36.1 Å². The zero-order valence-corrected chi connectivity index (χ0v) is 12.5. The van der Waals surface area contributed by atoms with E-state index in [9.17, 15) is 0 Å². The van der Waals surface area contributed by atoms with Crippen molar-refractivity contribution in [1.29, 1.82) is 0 Å². The number of pyridine rings is 1. The molecule has 19 heavy (non-hydrogen) atoms. The number of hydrogen-bond acceptors (Lipinski definition) is 3. The normalized spacial score (nSPS) is 12.4. The fourth-order valence-corrected chi connectivity index (χ4v) is 2.89. The van der Waals surface area contributed by atoms with Gasteiger partial charge in [-0.15, -0.1) is 0 Å². The standard InChI is InChI=1S/C16H20N2S/c1-4-14(17-3)15-10-9-13(11-18-15)19-16-8-6-5-7-12(16)2/h5-11,14,17H,4H2,1-3H3. The third kappa shape index (κ3) is 3.58.